The zero-order valence-corrected chi connectivity index (χ0v) is 10.7. The largest absolute Gasteiger partial charge is 0.382 e. The van der Waals surface area contributed by atoms with Gasteiger partial charge in [0.15, 0.2) is 0 Å². The van der Waals surface area contributed by atoms with Gasteiger partial charge in [0.05, 0.1) is 19.8 Å². The van der Waals surface area contributed by atoms with Crippen LogP contribution >= 0.6 is 0 Å². The predicted molar refractivity (Wildman–Crippen MR) is 66.2 cm³/mol. The van der Waals surface area contributed by atoms with Gasteiger partial charge in [-0.2, -0.15) is 0 Å². The number of carbonyl (C=O) groups is 1. The Morgan fingerprint density at radius 2 is 2.11 bits per heavy atom. The lowest BCUT2D eigenvalue weighted by Crippen LogP contribution is -2.27. The predicted octanol–water partition coefficient (Wildman–Crippen LogP) is 1.53. The van der Waals surface area contributed by atoms with Crippen LogP contribution in [-0.4, -0.2) is 39.4 Å². The monoisotopic (exact) mass is 255 g/mol. The van der Waals surface area contributed by atoms with Gasteiger partial charge < -0.3 is 14.8 Å². The Morgan fingerprint density at radius 3 is 2.78 bits per heavy atom. The van der Waals surface area contributed by atoms with E-state index in [1.54, 1.807) is 14.0 Å². The summed E-state index contributed by atoms with van der Waals surface area (Å²) >= 11 is 0. The van der Waals surface area contributed by atoms with Gasteiger partial charge in [0.25, 0.3) is 5.91 Å². The summed E-state index contributed by atoms with van der Waals surface area (Å²) in [6, 6.07) is 4.28. The van der Waals surface area contributed by atoms with Gasteiger partial charge in [-0.15, -0.1) is 0 Å². The van der Waals surface area contributed by atoms with Gasteiger partial charge in [-0.1, -0.05) is 0 Å². The fourth-order valence-electron chi connectivity index (χ4n) is 1.37. The first-order valence-corrected chi connectivity index (χ1v) is 5.76. The zero-order chi connectivity index (χ0) is 13.4. The number of nitrogens with one attached hydrogen (secondary N) is 1. The van der Waals surface area contributed by atoms with E-state index in [4.69, 9.17) is 9.47 Å². The summed E-state index contributed by atoms with van der Waals surface area (Å²) < 4.78 is 23.0. The topological polar surface area (TPSA) is 47.6 Å². The second kappa shape index (κ2) is 7.79. The quantitative estimate of drug-likeness (QED) is 0.752. The smallest absolute Gasteiger partial charge is 0.251 e. The number of benzene rings is 1. The molecule has 0 heterocycles. The lowest BCUT2D eigenvalue weighted by molar-refractivity contribution is 0.0692. The Bertz CT molecular complexity index is 396. The van der Waals surface area contributed by atoms with Gasteiger partial charge >= 0.3 is 0 Å². The normalized spacial score (nSPS) is 10.4. The minimum Gasteiger partial charge on any atom is -0.382 e. The average Bonchev–Trinajstić information content (AvgIpc) is 2.36. The zero-order valence-electron chi connectivity index (χ0n) is 10.7. The number of hydrogen-bond donors (Lipinski definition) is 1. The first-order chi connectivity index (χ1) is 8.65. The molecule has 4 nitrogen and oxygen atoms in total. The van der Waals surface area contributed by atoms with E-state index in [9.17, 15) is 9.18 Å². The van der Waals surface area contributed by atoms with Gasteiger partial charge in [0.1, 0.15) is 5.82 Å². The molecule has 0 spiro atoms. The first kappa shape index (κ1) is 14.6. The van der Waals surface area contributed by atoms with Crippen molar-refractivity contribution >= 4 is 5.91 Å². The fraction of sp³-hybridized carbons (Fsp3) is 0.462. The molecule has 0 bridgehead atoms. The van der Waals surface area contributed by atoms with E-state index in [-0.39, 0.29) is 11.7 Å². The minimum absolute atomic E-state index is 0.228. The Balaban J connectivity index is 2.30. The van der Waals surface area contributed by atoms with Crippen LogP contribution in [0.1, 0.15) is 15.9 Å². The number of aryl methyl sites for hydroxylation is 1. The summed E-state index contributed by atoms with van der Waals surface area (Å²) in [5, 5.41) is 2.70. The molecule has 5 heteroatoms. The molecular weight excluding hydrogens is 237 g/mol. The van der Waals surface area contributed by atoms with Crippen molar-refractivity contribution in [1.29, 1.82) is 0 Å². The third kappa shape index (κ3) is 4.81. The van der Waals surface area contributed by atoms with Crippen LogP contribution in [-0.2, 0) is 9.47 Å². The lowest BCUT2D eigenvalue weighted by atomic mass is 10.1. The van der Waals surface area contributed by atoms with Crippen molar-refractivity contribution in [3.05, 3.63) is 35.1 Å². The molecule has 1 aromatic carbocycles. The van der Waals surface area contributed by atoms with Crippen LogP contribution in [0.3, 0.4) is 0 Å². The molecule has 1 aromatic rings. The fourth-order valence-corrected chi connectivity index (χ4v) is 1.37. The number of rotatable bonds is 7. The number of amides is 1. The molecule has 100 valence electrons. The van der Waals surface area contributed by atoms with Crippen molar-refractivity contribution in [1.82, 2.24) is 5.32 Å². The maximum absolute atomic E-state index is 13.0. The molecule has 0 fully saturated rings. The molecule has 0 aliphatic carbocycles. The number of methoxy groups -OCH3 is 1. The second-order valence-corrected chi connectivity index (χ2v) is 3.83. The molecule has 0 unspecified atom stereocenters. The van der Waals surface area contributed by atoms with Gasteiger partial charge in [-0.3, -0.25) is 4.79 Å². The highest BCUT2D eigenvalue weighted by Gasteiger charge is 2.06. The summed E-state index contributed by atoms with van der Waals surface area (Å²) in [5.74, 6) is -0.539. The summed E-state index contributed by atoms with van der Waals surface area (Å²) in [7, 11) is 1.60. The van der Waals surface area contributed by atoms with Crippen molar-refractivity contribution in [2.24, 2.45) is 0 Å². The van der Waals surface area contributed by atoms with E-state index < -0.39 is 0 Å². The average molecular weight is 255 g/mol. The standard InChI is InChI=1S/C13H18FNO3/c1-10-9-11(3-4-12(10)14)13(16)15-5-6-18-8-7-17-2/h3-4,9H,5-8H2,1-2H3,(H,15,16). The van der Waals surface area contributed by atoms with Gasteiger partial charge in [-0.25, -0.2) is 4.39 Å². The summed E-state index contributed by atoms with van der Waals surface area (Å²) in [6.07, 6.45) is 0. The third-order valence-electron chi connectivity index (χ3n) is 2.38. The maximum Gasteiger partial charge on any atom is 0.251 e. The van der Waals surface area contributed by atoms with Crippen LogP contribution in [0, 0.1) is 12.7 Å². The summed E-state index contributed by atoms with van der Waals surface area (Å²) in [6.45, 7) is 3.50. The number of halogens is 1. The Labute approximate surface area is 106 Å². The highest BCUT2D eigenvalue weighted by atomic mass is 19.1. The van der Waals surface area contributed by atoms with Crippen LogP contribution in [0.15, 0.2) is 18.2 Å². The Morgan fingerprint density at radius 1 is 1.33 bits per heavy atom. The minimum atomic E-state index is -0.311. The molecule has 0 saturated heterocycles. The molecule has 0 saturated carbocycles. The molecular formula is C13H18FNO3. The maximum atomic E-state index is 13.0. The number of ether oxygens (including phenoxy) is 2. The van der Waals surface area contributed by atoms with Crippen LogP contribution in [0.2, 0.25) is 0 Å². The molecule has 0 radical (unpaired) electrons. The third-order valence-corrected chi connectivity index (χ3v) is 2.38. The van der Waals surface area contributed by atoms with Crippen LogP contribution in [0.25, 0.3) is 0 Å². The molecule has 0 aliphatic heterocycles. The molecule has 1 N–H and O–H groups in total. The van der Waals surface area contributed by atoms with E-state index in [1.165, 1.54) is 18.2 Å². The van der Waals surface area contributed by atoms with Crippen LogP contribution < -0.4 is 5.32 Å². The summed E-state index contributed by atoms with van der Waals surface area (Å²) in [4.78, 5) is 11.7. The second-order valence-electron chi connectivity index (χ2n) is 3.83. The molecule has 1 amide bonds. The van der Waals surface area contributed by atoms with E-state index in [1.807, 2.05) is 0 Å². The highest BCUT2D eigenvalue weighted by molar-refractivity contribution is 5.94. The van der Waals surface area contributed by atoms with Crippen molar-refractivity contribution in [3.8, 4) is 0 Å². The van der Waals surface area contributed by atoms with Crippen LogP contribution in [0.4, 0.5) is 4.39 Å². The number of carbonyl (C=O) groups excluding carboxylic acids is 1. The Kier molecular flexibility index (Phi) is 6.32. The van der Waals surface area contributed by atoms with E-state index in [0.29, 0.717) is 37.5 Å². The highest BCUT2D eigenvalue weighted by Crippen LogP contribution is 2.08. The lowest BCUT2D eigenvalue weighted by Gasteiger charge is -2.07. The van der Waals surface area contributed by atoms with Gasteiger partial charge in [-0.05, 0) is 30.7 Å². The summed E-state index contributed by atoms with van der Waals surface area (Å²) in [5.41, 5.74) is 0.907. The molecule has 1 rings (SSSR count). The molecule has 18 heavy (non-hydrogen) atoms. The van der Waals surface area contributed by atoms with Crippen molar-refractivity contribution in [2.75, 3.05) is 33.5 Å². The van der Waals surface area contributed by atoms with E-state index >= 15 is 0 Å². The first-order valence-electron chi connectivity index (χ1n) is 5.76. The van der Waals surface area contributed by atoms with E-state index in [2.05, 4.69) is 5.32 Å². The Hall–Kier alpha value is -1.46. The van der Waals surface area contributed by atoms with E-state index in [0.717, 1.165) is 0 Å². The van der Waals surface area contributed by atoms with Gasteiger partial charge in [0.2, 0.25) is 0 Å². The van der Waals surface area contributed by atoms with Crippen LogP contribution in [0.5, 0.6) is 0 Å². The van der Waals surface area contributed by atoms with Crippen molar-refractivity contribution in [2.45, 2.75) is 6.92 Å². The SMILES string of the molecule is COCCOCCNC(=O)c1ccc(F)c(C)c1. The van der Waals surface area contributed by atoms with Crippen molar-refractivity contribution < 1.29 is 18.7 Å². The molecule has 0 atom stereocenters. The van der Waals surface area contributed by atoms with Crippen molar-refractivity contribution in [3.63, 3.8) is 0 Å². The van der Waals surface area contributed by atoms with Gasteiger partial charge in [0, 0.05) is 19.2 Å². The molecule has 0 aromatic heterocycles. The number of hydrogen-bond acceptors (Lipinski definition) is 3. The molecule has 0 aliphatic rings.